The minimum Gasteiger partial charge on any atom is -0.465 e. The Morgan fingerprint density at radius 1 is 1.18 bits per heavy atom. The van der Waals surface area contributed by atoms with Gasteiger partial charge < -0.3 is 19.6 Å². The third-order valence-electron chi connectivity index (χ3n) is 8.41. The first kappa shape index (κ1) is 30.7. The second-order valence-corrected chi connectivity index (χ2v) is 15.1. The van der Waals surface area contributed by atoms with E-state index in [1.165, 1.54) is 0 Å². The highest BCUT2D eigenvalue weighted by Gasteiger charge is 2.77. The van der Waals surface area contributed by atoms with Crippen LogP contribution in [0.2, 0.25) is 0 Å². The molecule has 2 amide bonds. The van der Waals surface area contributed by atoms with Gasteiger partial charge in [0.15, 0.2) is 0 Å². The largest absolute Gasteiger partial charge is 0.465 e. The van der Waals surface area contributed by atoms with Crippen molar-refractivity contribution in [2.24, 2.45) is 17.3 Å². The van der Waals surface area contributed by atoms with Gasteiger partial charge in [-0.05, 0) is 64.7 Å². The molecule has 0 saturated carbocycles. The second kappa shape index (κ2) is 11.4. The number of likely N-dealkylation sites (tertiary alicyclic amines) is 1. The molecule has 3 saturated heterocycles. The first-order chi connectivity index (χ1) is 17.7. The molecule has 3 aliphatic rings. The lowest BCUT2D eigenvalue weighted by atomic mass is 9.66. The molecule has 1 spiro atoms. The molecule has 214 valence electrons. The lowest BCUT2D eigenvalue weighted by Crippen LogP contribution is -2.60. The Kier molecular flexibility index (Phi) is 9.19. The average Bonchev–Trinajstić information content (AvgIpc) is 3.36. The molecule has 1 N–H and O–H groups in total. The van der Waals surface area contributed by atoms with E-state index >= 15 is 0 Å². The highest BCUT2D eigenvalue weighted by Crippen LogP contribution is 2.71. The minimum absolute atomic E-state index is 0.00927. The number of fused-ring (bicyclic) bond motifs is 1. The zero-order valence-electron chi connectivity index (χ0n) is 24.3. The van der Waals surface area contributed by atoms with Gasteiger partial charge in [-0.3, -0.25) is 14.4 Å². The SMILES string of the molecule is C=CCCOC(=O)[C@H]1[C@H]2C(=O)N(CCCCO)C(C(=O)N(CC=C)C(C)(C)CC(C)(C)C)C23CC[C@]1(C)S3. The number of hydrogen-bond donors (Lipinski definition) is 1. The smallest absolute Gasteiger partial charge is 0.311 e. The summed E-state index contributed by atoms with van der Waals surface area (Å²) < 4.78 is 4.49. The fourth-order valence-corrected chi connectivity index (χ4v) is 9.67. The number of rotatable bonds is 13. The first-order valence-electron chi connectivity index (χ1n) is 14.0. The molecule has 0 aromatic rings. The summed E-state index contributed by atoms with van der Waals surface area (Å²) in [5, 5.41) is 9.41. The number of esters is 1. The summed E-state index contributed by atoms with van der Waals surface area (Å²) in [5.41, 5.74) is -0.475. The van der Waals surface area contributed by atoms with E-state index in [4.69, 9.17) is 4.74 Å². The number of aliphatic hydroxyl groups excluding tert-OH is 1. The van der Waals surface area contributed by atoms with Crippen LogP contribution in [-0.4, -0.2) is 80.1 Å². The maximum absolute atomic E-state index is 14.7. The van der Waals surface area contributed by atoms with Crippen molar-refractivity contribution >= 4 is 29.5 Å². The van der Waals surface area contributed by atoms with Crippen LogP contribution in [0.4, 0.5) is 0 Å². The van der Waals surface area contributed by atoms with Crippen molar-refractivity contribution in [3.05, 3.63) is 25.3 Å². The number of thioether (sulfide) groups is 1. The van der Waals surface area contributed by atoms with Crippen molar-refractivity contribution in [3.8, 4) is 0 Å². The van der Waals surface area contributed by atoms with Crippen molar-refractivity contribution in [1.29, 1.82) is 0 Å². The Bertz CT molecular complexity index is 943. The van der Waals surface area contributed by atoms with Crippen molar-refractivity contribution in [1.82, 2.24) is 9.80 Å². The summed E-state index contributed by atoms with van der Waals surface area (Å²) in [6, 6.07) is -0.671. The molecular weight excluding hydrogens is 500 g/mol. The summed E-state index contributed by atoms with van der Waals surface area (Å²) in [5.74, 6) is -1.73. The van der Waals surface area contributed by atoms with Crippen molar-refractivity contribution in [2.45, 2.75) is 101 Å². The zero-order chi connectivity index (χ0) is 28.5. The van der Waals surface area contributed by atoms with E-state index in [0.717, 1.165) is 12.8 Å². The molecular formula is C30H48N2O5S. The van der Waals surface area contributed by atoms with E-state index in [-0.39, 0.29) is 36.4 Å². The summed E-state index contributed by atoms with van der Waals surface area (Å²) in [7, 11) is 0. The fraction of sp³-hybridized carbons (Fsp3) is 0.767. The fourth-order valence-electron chi connectivity index (χ4n) is 7.34. The topological polar surface area (TPSA) is 87.1 Å². The summed E-state index contributed by atoms with van der Waals surface area (Å²) >= 11 is 1.66. The molecule has 3 aliphatic heterocycles. The van der Waals surface area contributed by atoms with Gasteiger partial charge in [0.1, 0.15) is 6.04 Å². The molecule has 3 fully saturated rings. The van der Waals surface area contributed by atoms with Crippen molar-refractivity contribution in [3.63, 3.8) is 0 Å². The Morgan fingerprint density at radius 2 is 1.87 bits per heavy atom. The van der Waals surface area contributed by atoms with Gasteiger partial charge in [-0.25, -0.2) is 0 Å². The summed E-state index contributed by atoms with van der Waals surface area (Å²) in [4.78, 5) is 45.9. The molecule has 3 rings (SSSR count). The Balaban J connectivity index is 2.05. The monoisotopic (exact) mass is 548 g/mol. The van der Waals surface area contributed by atoms with Crippen LogP contribution in [0, 0.1) is 17.3 Å². The number of nitrogens with zero attached hydrogens (tertiary/aromatic N) is 2. The first-order valence-corrected chi connectivity index (χ1v) is 14.8. The van der Waals surface area contributed by atoms with E-state index in [2.05, 4.69) is 54.7 Å². The lowest BCUT2D eigenvalue weighted by molar-refractivity contribution is -0.155. The maximum atomic E-state index is 14.7. The third kappa shape index (κ3) is 5.58. The zero-order valence-corrected chi connectivity index (χ0v) is 25.1. The summed E-state index contributed by atoms with van der Waals surface area (Å²) in [6.07, 6.45) is 7.40. The van der Waals surface area contributed by atoms with Crippen molar-refractivity contribution in [2.75, 3.05) is 26.3 Å². The average molecular weight is 549 g/mol. The van der Waals surface area contributed by atoms with Gasteiger partial charge in [-0.15, -0.1) is 24.9 Å². The molecule has 0 aromatic carbocycles. The van der Waals surface area contributed by atoms with E-state index in [1.807, 2.05) is 4.90 Å². The Labute approximate surface area is 233 Å². The van der Waals surface area contributed by atoms with Crippen LogP contribution in [0.25, 0.3) is 0 Å². The van der Waals surface area contributed by atoms with Crippen LogP contribution in [0.15, 0.2) is 25.3 Å². The number of aliphatic hydroxyl groups is 1. The van der Waals surface area contributed by atoms with Gasteiger partial charge in [-0.2, -0.15) is 0 Å². The van der Waals surface area contributed by atoms with Crippen LogP contribution in [-0.2, 0) is 19.1 Å². The van der Waals surface area contributed by atoms with Crippen LogP contribution < -0.4 is 0 Å². The third-order valence-corrected chi connectivity index (χ3v) is 10.4. The van der Waals surface area contributed by atoms with Gasteiger partial charge in [-0.1, -0.05) is 32.9 Å². The van der Waals surface area contributed by atoms with Crippen molar-refractivity contribution < 1.29 is 24.2 Å². The molecule has 7 nitrogen and oxygen atoms in total. The number of ether oxygens (including phenoxy) is 1. The van der Waals surface area contributed by atoms with Gasteiger partial charge >= 0.3 is 5.97 Å². The minimum atomic E-state index is -0.679. The highest BCUT2D eigenvalue weighted by molar-refractivity contribution is 8.02. The van der Waals surface area contributed by atoms with Crippen LogP contribution in [0.1, 0.15) is 80.1 Å². The van der Waals surface area contributed by atoms with Gasteiger partial charge in [0, 0.05) is 30.0 Å². The molecule has 2 unspecified atom stereocenters. The Hall–Kier alpha value is -1.80. The van der Waals surface area contributed by atoms with Crippen LogP contribution in [0.5, 0.6) is 0 Å². The van der Waals surface area contributed by atoms with E-state index in [9.17, 15) is 19.5 Å². The molecule has 0 radical (unpaired) electrons. The lowest BCUT2D eigenvalue weighted by Gasteiger charge is -2.46. The van der Waals surface area contributed by atoms with Crippen LogP contribution >= 0.6 is 11.8 Å². The van der Waals surface area contributed by atoms with E-state index < -0.39 is 32.9 Å². The second-order valence-electron chi connectivity index (χ2n) is 13.2. The van der Waals surface area contributed by atoms with Gasteiger partial charge in [0.05, 0.1) is 23.2 Å². The number of amides is 2. The van der Waals surface area contributed by atoms with E-state index in [0.29, 0.717) is 38.8 Å². The maximum Gasteiger partial charge on any atom is 0.311 e. The van der Waals surface area contributed by atoms with E-state index in [1.54, 1.807) is 28.8 Å². The molecule has 3 heterocycles. The predicted molar refractivity (Wildman–Crippen MR) is 153 cm³/mol. The highest BCUT2D eigenvalue weighted by atomic mass is 32.2. The molecule has 5 atom stereocenters. The number of hydrogen-bond acceptors (Lipinski definition) is 6. The number of unbranched alkanes of at least 4 members (excludes halogenated alkanes) is 1. The summed E-state index contributed by atoms with van der Waals surface area (Å²) in [6.45, 7) is 21.4. The normalized spacial score (nSPS) is 30.3. The molecule has 8 heteroatoms. The molecule has 0 aliphatic carbocycles. The molecule has 0 aromatic heterocycles. The van der Waals surface area contributed by atoms with Gasteiger partial charge in [0.25, 0.3) is 0 Å². The van der Waals surface area contributed by atoms with Crippen LogP contribution in [0.3, 0.4) is 0 Å². The molecule has 2 bridgehead atoms. The predicted octanol–water partition coefficient (Wildman–Crippen LogP) is 4.59. The number of carbonyl (C=O) groups is 3. The Morgan fingerprint density at radius 3 is 2.45 bits per heavy atom. The van der Waals surface area contributed by atoms with Gasteiger partial charge in [0.2, 0.25) is 11.8 Å². The quantitative estimate of drug-likeness (QED) is 0.206. The molecule has 38 heavy (non-hydrogen) atoms. The standard InChI is InChI=1S/C30H48N2O5S/c1-9-11-19-37-26(36)22-21-24(34)31(17-12-13-18-33)23(30(21)15-14-29(22,8)38-30)25(35)32(16-10-2)28(6,7)20-27(3,4)5/h9-10,21-23,33H,1-2,11-20H2,3-8H3/t21-,22+,23?,29-,30?/m0/s1. The number of carbonyl (C=O) groups excluding carboxylic acids is 3.